The fourth-order valence-corrected chi connectivity index (χ4v) is 4.02. The third-order valence-corrected chi connectivity index (χ3v) is 5.10. The molecule has 2 bridgehead atoms. The number of halogens is 1. The standard InChI is InChI=1S/C9H16ClNO3S/c10-4-1-5-15(12,13)11-6-8-2-3-9(7-11)14-8/h8-9H,1-7H2. The Hall–Kier alpha value is 0.160. The van der Waals surface area contributed by atoms with Gasteiger partial charge in [-0.15, -0.1) is 11.6 Å². The molecule has 6 heteroatoms. The van der Waals surface area contributed by atoms with Crippen molar-refractivity contribution in [3.63, 3.8) is 0 Å². The molecule has 2 atom stereocenters. The number of nitrogens with zero attached hydrogens (tertiary/aromatic N) is 1. The minimum Gasteiger partial charge on any atom is -0.372 e. The van der Waals surface area contributed by atoms with E-state index in [1.54, 1.807) is 4.31 Å². The summed E-state index contributed by atoms with van der Waals surface area (Å²) in [4.78, 5) is 0. The summed E-state index contributed by atoms with van der Waals surface area (Å²) >= 11 is 5.51. The van der Waals surface area contributed by atoms with Gasteiger partial charge in [-0.1, -0.05) is 0 Å². The van der Waals surface area contributed by atoms with E-state index in [-0.39, 0.29) is 18.0 Å². The lowest BCUT2D eigenvalue weighted by atomic mass is 10.2. The Kier molecular flexibility index (Phi) is 3.55. The molecule has 2 saturated heterocycles. The molecule has 15 heavy (non-hydrogen) atoms. The summed E-state index contributed by atoms with van der Waals surface area (Å²) in [5.74, 6) is 0.562. The summed E-state index contributed by atoms with van der Waals surface area (Å²) < 4.78 is 30.9. The molecule has 2 fully saturated rings. The highest BCUT2D eigenvalue weighted by atomic mass is 35.5. The van der Waals surface area contributed by atoms with Crippen LogP contribution in [0, 0.1) is 0 Å². The maximum absolute atomic E-state index is 11.9. The van der Waals surface area contributed by atoms with Gasteiger partial charge in [0.05, 0.1) is 18.0 Å². The fraction of sp³-hybridized carbons (Fsp3) is 1.00. The Bertz CT molecular complexity index is 307. The monoisotopic (exact) mass is 253 g/mol. The van der Waals surface area contributed by atoms with E-state index in [1.807, 2.05) is 0 Å². The highest BCUT2D eigenvalue weighted by Crippen LogP contribution is 2.27. The van der Waals surface area contributed by atoms with Crippen LogP contribution in [0.5, 0.6) is 0 Å². The molecule has 0 N–H and O–H groups in total. The van der Waals surface area contributed by atoms with Crippen LogP contribution in [-0.2, 0) is 14.8 Å². The molecule has 2 aliphatic heterocycles. The minimum atomic E-state index is -3.10. The van der Waals surface area contributed by atoms with E-state index in [1.165, 1.54) is 0 Å². The molecule has 0 saturated carbocycles. The molecule has 0 amide bonds. The van der Waals surface area contributed by atoms with Crippen molar-refractivity contribution in [2.24, 2.45) is 0 Å². The Morgan fingerprint density at radius 1 is 1.27 bits per heavy atom. The molecule has 4 nitrogen and oxygen atoms in total. The summed E-state index contributed by atoms with van der Waals surface area (Å²) in [7, 11) is -3.10. The number of hydrogen-bond donors (Lipinski definition) is 0. The zero-order valence-electron chi connectivity index (χ0n) is 8.56. The molecule has 2 unspecified atom stereocenters. The van der Waals surface area contributed by atoms with Crippen molar-refractivity contribution >= 4 is 21.6 Å². The molecule has 0 aliphatic carbocycles. The van der Waals surface area contributed by atoms with Gasteiger partial charge in [-0.25, -0.2) is 8.42 Å². The number of alkyl halides is 1. The van der Waals surface area contributed by atoms with E-state index in [0.717, 1.165) is 12.8 Å². The van der Waals surface area contributed by atoms with Crippen molar-refractivity contribution in [2.75, 3.05) is 24.7 Å². The highest BCUT2D eigenvalue weighted by molar-refractivity contribution is 7.89. The van der Waals surface area contributed by atoms with Crippen molar-refractivity contribution in [1.29, 1.82) is 0 Å². The Labute approximate surface area is 95.6 Å². The van der Waals surface area contributed by atoms with Gasteiger partial charge in [0.25, 0.3) is 0 Å². The third kappa shape index (κ3) is 2.64. The lowest BCUT2D eigenvalue weighted by Crippen LogP contribution is -2.46. The van der Waals surface area contributed by atoms with Gasteiger partial charge in [0.15, 0.2) is 0 Å². The predicted octanol–water partition coefficient (Wildman–Crippen LogP) is 0.808. The van der Waals surface area contributed by atoms with Crippen molar-refractivity contribution in [1.82, 2.24) is 4.31 Å². The normalized spacial score (nSPS) is 32.1. The first-order chi connectivity index (χ1) is 7.12. The first kappa shape index (κ1) is 11.6. The van der Waals surface area contributed by atoms with E-state index < -0.39 is 10.0 Å². The smallest absolute Gasteiger partial charge is 0.214 e. The Morgan fingerprint density at radius 2 is 1.87 bits per heavy atom. The zero-order chi connectivity index (χ0) is 10.9. The summed E-state index contributed by atoms with van der Waals surface area (Å²) in [5, 5.41) is 0. The van der Waals surface area contributed by atoms with E-state index in [9.17, 15) is 8.42 Å². The van der Waals surface area contributed by atoms with Crippen molar-refractivity contribution in [2.45, 2.75) is 31.5 Å². The molecule has 2 heterocycles. The van der Waals surface area contributed by atoms with Gasteiger partial charge in [-0.3, -0.25) is 0 Å². The molecule has 0 spiro atoms. The predicted molar refractivity (Wildman–Crippen MR) is 58.6 cm³/mol. The molecule has 0 aromatic carbocycles. The lowest BCUT2D eigenvalue weighted by Gasteiger charge is -2.31. The third-order valence-electron chi connectivity index (χ3n) is 2.94. The van der Waals surface area contributed by atoms with E-state index in [2.05, 4.69) is 0 Å². The van der Waals surface area contributed by atoms with Crippen LogP contribution in [0.4, 0.5) is 0 Å². The van der Waals surface area contributed by atoms with Gasteiger partial charge < -0.3 is 4.74 Å². The molecule has 88 valence electrons. The van der Waals surface area contributed by atoms with Gasteiger partial charge >= 0.3 is 0 Å². The summed E-state index contributed by atoms with van der Waals surface area (Å²) in [5.41, 5.74) is 0. The number of fused-ring (bicyclic) bond motifs is 2. The maximum Gasteiger partial charge on any atom is 0.214 e. The number of morpholine rings is 1. The molecule has 0 aromatic heterocycles. The van der Waals surface area contributed by atoms with E-state index >= 15 is 0 Å². The second-order valence-electron chi connectivity index (χ2n) is 4.13. The summed E-state index contributed by atoms with van der Waals surface area (Å²) in [6.07, 6.45) is 2.75. The Morgan fingerprint density at radius 3 is 2.40 bits per heavy atom. The maximum atomic E-state index is 11.9. The van der Waals surface area contributed by atoms with Gasteiger partial charge in [0.2, 0.25) is 10.0 Å². The lowest BCUT2D eigenvalue weighted by molar-refractivity contribution is -0.0114. The van der Waals surface area contributed by atoms with Crippen LogP contribution < -0.4 is 0 Å². The van der Waals surface area contributed by atoms with Gasteiger partial charge in [0, 0.05) is 19.0 Å². The number of rotatable bonds is 4. The second kappa shape index (κ2) is 4.57. The largest absolute Gasteiger partial charge is 0.372 e. The van der Waals surface area contributed by atoms with Gasteiger partial charge in [0.1, 0.15) is 0 Å². The average molecular weight is 254 g/mol. The average Bonchev–Trinajstić information content (AvgIpc) is 2.54. The molecule has 0 radical (unpaired) electrons. The number of ether oxygens (including phenoxy) is 1. The van der Waals surface area contributed by atoms with Crippen LogP contribution in [0.1, 0.15) is 19.3 Å². The zero-order valence-corrected chi connectivity index (χ0v) is 10.1. The quantitative estimate of drug-likeness (QED) is 0.697. The van der Waals surface area contributed by atoms with Crippen LogP contribution in [0.25, 0.3) is 0 Å². The summed E-state index contributed by atoms with van der Waals surface area (Å²) in [6.45, 7) is 1.06. The molecule has 0 aromatic rings. The molecular weight excluding hydrogens is 238 g/mol. The molecule has 2 aliphatic rings. The van der Waals surface area contributed by atoms with Crippen molar-refractivity contribution in [3.8, 4) is 0 Å². The van der Waals surface area contributed by atoms with Crippen LogP contribution in [0.2, 0.25) is 0 Å². The van der Waals surface area contributed by atoms with E-state index in [4.69, 9.17) is 16.3 Å². The van der Waals surface area contributed by atoms with Crippen LogP contribution in [0.3, 0.4) is 0 Å². The van der Waals surface area contributed by atoms with Crippen LogP contribution >= 0.6 is 11.6 Å². The topological polar surface area (TPSA) is 46.6 Å². The number of hydrogen-bond acceptors (Lipinski definition) is 3. The SMILES string of the molecule is O=S(=O)(CCCCl)N1CC2CCC(C1)O2. The first-order valence-electron chi connectivity index (χ1n) is 5.31. The molecular formula is C9H16ClNO3S. The van der Waals surface area contributed by atoms with Crippen molar-refractivity contribution < 1.29 is 13.2 Å². The first-order valence-corrected chi connectivity index (χ1v) is 7.45. The van der Waals surface area contributed by atoms with E-state index in [0.29, 0.717) is 25.4 Å². The van der Waals surface area contributed by atoms with Crippen LogP contribution in [0.15, 0.2) is 0 Å². The summed E-state index contributed by atoms with van der Waals surface area (Å²) in [6, 6.07) is 0. The fourth-order valence-electron chi connectivity index (χ4n) is 2.17. The Balaban J connectivity index is 1.98. The minimum absolute atomic E-state index is 0.120. The van der Waals surface area contributed by atoms with Crippen molar-refractivity contribution in [3.05, 3.63) is 0 Å². The highest BCUT2D eigenvalue weighted by Gasteiger charge is 2.38. The van der Waals surface area contributed by atoms with Crippen LogP contribution in [-0.4, -0.2) is 49.7 Å². The number of sulfonamides is 1. The molecule has 2 rings (SSSR count). The second-order valence-corrected chi connectivity index (χ2v) is 6.60. The van der Waals surface area contributed by atoms with Gasteiger partial charge in [-0.05, 0) is 19.3 Å². The van der Waals surface area contributed by atoms with Gasteiger partial charge in [-0.2, -0.15) is 4.31 Å².